The molecule has 1 heterocycles. The van der Waals surface area contributed by atoms with Gasteiger partial charge in [-0.3, -0.25) is 4.79 Å². The number of likely N-dealkylation sites (N-methyl/N-ethyl adjacent to an activating group) is 1. The van der Waals surface area contributed by atoms with Gasteiger partial charge in [-0.1, -0.05) is 0 Å². The maximum atomic E-state index is 11.8. The molecule has 1 fully saturated rings. The van der Waals surface area contributed by atoms with Crippen molar-refractivity contribution in [1.82, 2.24) is 20.4 Å². The van der Waals surface area contributed by atoms with Crippen molar-refractivity contribution in [1.29, 1.82) is 0 Å². The highest BCUT2D eigenvalue weighted by Crippen LogP contribution is 2.09. The van der Waals surface area contributed by atoms with Gasteiger partial charge in [0.1, 0.15) is 6.54 Å². The number of carbonyl (C=O) groups is 1. The first-order valence-electron chi connectivity index (χ1n) is 8.52. The summed E-state index contributed by atoms with van der Waals surface area (Å²) in [5.74, 6) is 1.77. The van der Waals surface area contributed by atoms with Crippen LogP contribution in [0.1, 0.15) is 12.8 Å². The molecule has 0 atom stereocenters. The van der Waals surface area contributed by atoms with Crippen LogP contribution in [0.5, 0.6) is 0 Å². The Morgan fingerprint density at radius 1 is 1.38 bits per heavy atom. The fraction of sp³-hybridized carbons (Fsp3) is 0.875. The predicted octanol–water partition coefficient (Wildman–Crippen LogP) is 0.0836. The fourth-order valence-corrected chi connectivity index (χ4v) is 2.73. The van der Waals surface area contributed by atoms with E-state index in [-0.39, 0.29) is 12.5 Å². The minimum absolute atomic E-state index is 0.00958. The molecule has 0 aromatic heterocycles. The molecule has 0 aromatic rings. The van der Waals surface area contributed by atoms with Crippen LogP contribution in [0.4, 0.5) is 0 Å². The second-order valence-corrected chi connectivity index (χ2v) is 7.11. The number of hydrogen-bond donors (Lipinski definition) is 2. The topological polar surface area (TPSA) is 69.2 Å². The van der Waals surface area contributed by atoms with Crippen LogP contribution in [0.25, 0.3) is 0 Å². The van der Waals surface area contributed by atoms with E-state index < -0.39 is 0 Å². The maximum Gasteiger partial charge on any atom is 0.243 e. The van der Waals surface area contributed by atoms with Crippen LogP contribution in [0, 0.1) is 0 Å². The lowest BCUT2D eigenvalue weighted by atomic mass is 10.1. The number of carbonyl (C=O) groups excluding carboxylic acids is 1. The van der Waals surface area contributed by atoms with Crippen molar-refractivity contribution >= 4 is 23.6 Å². The summed E-state index contributed by atoms with van der Waals surface area (Å²) in [4.78, 5) is 20.2. The van der Waals surface area contributed by atoms with Crippen LogP contribution in [-0.4, -0.2) is 100 Å². The molecule has 0 spiro atoms. The van der Waals surface area contributed by atoms with Gasteiger partial charge >= 0.3 is 0 Å². The molecule has 0 aromatic carbocycles. The molecular formula is C16H33N5O2S. The largest absolute Gasteiger partial charge is 0.383 e. The summed E-state index contributed by atoms with van der Waals surface area (Å²) in [5, 5.41) is 6.81. The summed E-state index contributed by atoms with van der Waals surface area (Å²) in [5.41, 5.74) is 0. The van der Waals surface area contributed by atoms with Gasteiger partial charge in [0.15, 0.2) is 5.96 Å². The van der Waals surface area contributed by atoms with Crippen molar-refractivity contribution in [2.24, 2.45) is 4.99 Å². The number of amides is 1. The summed E-state index contributed by atoms with van der Waals surface area (Å²) < 4.78 is 5.14. The van der Waals surface area contributed by atoms with Crippen molar-refractivity contribution in [3.05, 3.63) is 0 Å². The highest BCUT2D eigenvalue weighted by atomic mass is 32.2. The number of hydrogen-bond acceptors (Lipinski definition) is 5. The Labute approximate surface area is 150 Å². The number of ether oxygens (including phenoxy) is 1. The van der Waals surface area contributed by atoms with E-state index in [0.29, 0.717) is 6.04 Å². The van der Waals surface area contributed by atoms with E-state index in [1.807, 2.05) is 0 Å². The summed E-state index contributed by atoms with van der Waals surface area (Å²) in [6.45, 7) is 4.93. The molecule has 1 saturated heterocycles. The predicted molar refractivity (Wildman–Crippen MR) is 102 cm³/mol. The Balaban J connectivity index is 2.46. The monoisotopic (exact) mass is 359 g/mol. The number of likely N-dealkylation sites (tertiary alicyclic amines) is 1. The first-order valence-corrected chi connectivity index (χ1v) is 9.91. The van der Waals surface area contributed by atoms with E-state index in [1.165, 1.54) is 0 Å². The van der Waals surface area contributed by atoms with Crippen molar-refractivity contribution in [3.63, 3.8) is 0 Å². The van der Waals surface area contributed by atoms with Gasteiger partial charge in [-0.2, -0.15) is 11.8 Å². The lowest BCUT2D eigenvalue weighted by Gasteiger charge is -2.32. The number of rotatable bonds is 9. The van der Waals surface area contributed by atoms with E-state index in [2.05, 4.69) is 26.8 Å². The number of methoxy groups -OCH3 is 1. The Morgan fingerprint density at radius 2 is 2.08 bits per heavy atom. The molecule has 1 aliphatic rings. The molecule has 0 saturated carbocycles. The van der Waals surface area contributed by atoms with Gasteiger partial charge in [0.05, 0.1) is 6.61 Å². The van der Waals surface area contributed by atoms with E-state index in [0.717, 1.165) is 57.3 Å². The molecule has 0 unspecified atom stereocenters. The molecule has 0 radical (unpaired) electrons. The van der Waals surface area contributed by atoms with Gasteiger partial charge in [-0.15, -0.1) is 0 Å². The van der Waals surface area contributed by atoms with Crippen LogP contribution in [0.3, 0.4) is 0 Å². The van der Waals surface area contributed by atoms with Gasteiger partial charge in [-0.25, -0.2) is 4.99 Å². The minimum Gasteiger partial charge on any atom is -0.383 e. The molecule has 0 bridgehead atoms. The number of nitrogens with one attached hydrogen (secondary N) is 2. The first-order chi connectivity index (χ1) is 11.6. The summed E-state index contributed by atoms with van der Waals surface area (Å²) in [6.07, 6.45) is 4.24. The van der Waals surface area contributed by atoms with E-state index in [9.17, 15) is 4.79 Å². The molecule has 1 rings (SSSR count). The van der Waals surface area contributed by atoms with Crippen molar-refractivity contribution in [2.75, 3.05) is 72.5 Å². The molecule has 1 amide bonds. The van der Waals surface area contributed by atoms with Crippen LogP contribution in [0.15, 0.2) is 4.99 Å². The van der Waals surface area contributed by atoms with Crippen molar-refractivity contribution in [2.45, 2.75) is 18.9 Å². The highest BCUT2D eigenvalue weighted by Gasteiger charge is 2.19. The summed E-state index contributed by atoms with van der Waals surface area (Å²) in [6, 6.07) is 0.402. The zero-order valence-electron chi connectivity index (χ0n) is 15.5. The third-order valence-electron chi connectivity index (χ3n) is 4.01. The van der Waals surface area contributed by atoms with Gasteiger partial charge in [0.25, 0.3) is 0 Å². The Hall–Kier alpha value is -0.990. The highest BCUT2D eigenvalue weighted by molar-refractivity contribution is 7.98. The molecule has 1 aliphatic heterocycles. The average molecular weight is 360 g/mol. The van der Waals surface area contributed by atoms with Crippen molar-refractivity contribution in [3.8, 4) is 0 Å². The number of piperidine rings is 1. The second kappa shape index (κ2) is 12.4. The second-order valence-electron chi connectivity index (χ2n) is 6.13. The summed E-state index contributed by atoms with van der Waals surface area (Å²) >= 11 is 1.79. The minimum atomic E-state index is 0.00958. The van der Waals surface area contributed by atoms with Gasteiger partial charge in [-0.05, 0) is 19.1 Å². The SMILES string of the molecule is COCCN1CCC(NC(=NCC(=O)N(C)C)NCCSC)CC1. The standard InChI is InChI=1S/C16H33N5O2S/c1-20(2)15(22)13-18-16(17-7-12-24-4)19-14-5-8-21(9-6-14)10-11-23-3/h14H,5-13H2,1-4H3,(H2,17,18,19). The summed E-state index contributed by atoms with van der Waals surface area (Å²) in [7, 11) is 5.25. The van der Waals surface area contributed by atoms with E-state index in [1.54, 1.807) is 37.9 Å². The van der Waals surface area contributed by atoms with Gasteiger partial charge in [0, 0.05) is 59.2 Å². The Morgan fingerprint density at radius 3 is 2.67 bits per heavy atom. The quantitative estimate of drug-likeness (QED) is 0.345. The number of guanidine groups is 1. The molecule has 0 aliphatic carbocycles. The van der Waals surface area contributed by atoms with Crippen molar-refractivity contribution < 1.29 is 9.53 Å². The number of nitrogens with zero attached hydrogens (tertiary/aromatic N) is 3. The zero-order valence-corrected chi connectivity index (χ0v) is 16.3. The number of thioether (sulfide) groups is 1. The Bertz CT molecular complexity index is 385. The van der Waals surface area contributed by atoms with Gasteiger partial charge in [0.2, 0.25) is 5.91 Å². The molecule has 2 N–H and O–H groups in total. The third-order valence-corrected chi connectivity index (χ3v) is 4.62. The average Bonchev–Trinajstić information content (AvgIpc) is 2.58. The Kier molecular flexibility index (Phi) is 10.9. The third kappa shape index (κ3) is 8.75. The van der Waals surface area contributed by atoms with Crippen LogP contribution in [-0.2, 0) is 9.53 Å². The zero-order chi connectivity index (χ0) is 17.8. The molecule has 140 valence electrons. The van der Waals surface area contributed by atoms with Crippen LogP contribution >= 0.6 is 11.8 Å². The van der Waals surface area contributed by atoms with Crippen LogP contribution in [0.2, 0.25) is 0 Å². The van der Waals surface area contributed by atoms with Gasteiger partial charge < -0.3 is 25.2 Å². The normalized spacial score (nSPS) is 16.9. The molecule has 7 nitrogen and oxygen atoms in total. The van der Waals surface area contributed by atoms with E-state index in [4.69, 9.17) is 4.74 Å². The fourth-order valence-electron chi connectivity index (χ4n) is 2.43. The molecular weight excluding hydrogens is 326 g/mol. The van der Waals surface area contributed by atoms with E-state index >= 15 is 0 Å². The lowest BCUT2D eigenvalue weighted by Crippen LogP contribution is -2.49. The first kappa shape index (κ1) is 21.1. The smallest absolute Gasteiger partial charge is 0.243 e. The number of aliphatic imine (C=N–C) groups is 1. The lowest BCUT2D eigenvalue weighted by molar-refractivity contribution is -0.127. The van der Waals surface area contributed by atoms with Crippen LogP contribution < -0.4 is 10.6 Å². The molecule has 24 heavy (non-hydrogen) atoms. The molecule has 8 heteroatoms. The maximum absolute atomic E-state index is 11.8.